The number of pyridine rings is 1. The second-order valence-corrected chi connectivity index (χ2v) is 6.94. The molecule has 0 aliphatic carbocycles. The first kappa shape index (κ1) is 16.1. The van der Waals surface area contributed by atoms with Crippen molar-refractivity contribution < 1.29 is 4.74 Å². The molecule has 4 nitrogen and oxygen atoms in total. The molecule has 21 heavy (non-hydrogen) atoms. The Morgan fingerprint density at radius 1 is 1.24 bits per heavy atom. The molecule has 1 aromatic heterocycles. The van der Waals surface area contributed by atoms with Crippen molar-refractivity contribution in [3.05, 3.63) is 18.3 Å². The molecule has 1 aliphatic rings. The first-order chi connectivity index (χ1) is 9.77. The lowest BCUT2D eigenvalue weighted by Crippen LogP contribution is -2.38. The number of hydrogen-bond acceptors (Lipinski definition) is 4. The van der Waals surface area contributed by atoms with Crippen molar-refractivity contribution in [2.24, 2.45) is 0 Å². The zero-order valence-electron chi connectivity index (χ0n) is 14.2. The third-order valence-corrected chi connectivity index (χ3v) is 4.25. The molecule has 1 fully saturated rings. The molecule has 1 N–H and O–H groups in total. The maximum Gasteiger partial charge on any atom is 0.128 e. The first-order valence-corrected chi connectivity index (χ1v) is 7.95. The van der Waals surface area contributed by atoms with Crippen LogP contribution in [0.1, 0.15) is 48.0 Å². The Hall–Kier alpha value is -1.29. The minimum absolute atomic E-state index is 0.0737. The molecule has 0 spiro atoms. The summed E-state index contributed by atoms with van der Waals surface area (Å²) < 4.78 is 6.13. The van der Waals surface area contributed by atoms with Crippen LogP contribution in [0.5, 0.6) is 0 Å². The Bertz CT molecular complexity index is 463. The van der Waals surface area contributed by atoms with Gasteiger partial charge in [0.25, 0.3) is 0 Å². The van der Waals surface area contributed by atoms with E-state index in [-0.39, 0.29) is 11.2 Å². The summed E-state index contributed by atoms with van der Waals surface area (Å²) >= 11 is 0. The summed E-state index contributed by atoms with van der Waals surface area (Å²) in [5, 5.41) is 3.58. The first-order valence-electron chi connectivity index (χ1n) is 7.95. The lowest BCUT2D eigenvalue weighted by Gasteiger charge is -2.28. The van der Waals surface area contributed by atoms with Gasteiger partial charge in [0.2, 0.25) is 0 Å². The second-order valence-electron chi connectivity index (χ2n) is 6.94. The van der Waals surface area contributed by atoms with Crippen molar-refractivity contribution in [2.45, 2.75) is 65.2 Å². The highest BCUT2D eigenvalue weighted by Crippen LogP contribution is 2.38. The number of hydrogen-bond donors (Lipinski definition) is 1. The van der Waals surface area contributed by atoms with Gasteiger partial charge in [-0.15, -0.1) is 0 Å². The van der Waals surface area contributed by atoms with Crippen LogP contribution in [-0.2, 0) is 4.74 Å². The van der Waals surface area contributed by atoms with Crippen LogP contribution in [0.15, 0.2) is 18.3 Å². The van der Waals surface area contributed by atoms with Crippen LogP contribution in [0.25, 0.3) is 0 Å². The number of nitrogens with zero attached hydrogens (tertiary/aromatic N) is 2. The molecule has 0 saturated carbocycles. The summed E-state index contributed by atoms with van der Waals surface area (Å²) in [4.78, 5) is 6.82. The monoisotopic (exact) mass is 291 g/mol. The lowest BCUT2D eigenvalue weighted by molar-refractivity contribution is -0.0662. The van der Waals surface area contributed by atoms with E-state index in [2.05, 4.69) is 68.9 Å². The van der Waals surface area contributed by atoms with E-state index in [0.29, 0.717) is 6.04 Å². The van der Waals surface area contributed by atoms with E-state index in [9.17, 15) is 0 Å². The summed E-state index contributed by atoms with van der Waals surface area (Å²) in [6.45, 7) is 14.9. The van der Waals surface area contributed by atoms with Gasteiger partial charge in [-0.1, -0.05) is 0 Å². The van der Waals surface area contributed by atoms with Crippen LogP contribution in [-0.4, -0.2) is 35.3 Å². The van der Waals surface area contributed by atoms with Gasteiger partial charge in [0.15, 0.2) is 0 Å². The molecule has 2 heterocycles. The molecule has 4 heteroatoms. The van der Waals surface area contributed by atoms with Crippen LogP contribution in [0.2, 0.25) is 0 Å². The average molecular weight is 291 g/mol. The van der Waals surface area contributed by atoms with Crippen molar-refractivity contribution in [1.82, 2.24) is 4.98 Å². The molecule has 2 rings (SSSR count). The van der Waals surface area contributed by atoms with Gasteiger partial charge in [0, 0.05) is 13.1 Å². The van der Waals surface area contributed by atoms with E-state index in [0.717, 1.165) is 31.0 Å². The number of nitrogens with one attached hydrogen (secondary N) is 1. The van der Waals surface area contributed by atoms with E-state index < -0.39 is 0 Å². The molecule has 1 saturated heterocycles. The Labute approximate surface area is 128 Å². The molecule has 1 aromatic rings. The standard InChI is InChI=1S/C17H29N3O/c1-7-20(8-2)15-10-9-13(12-18-15)19-14-11-16(3,4)21-17(14,5)6/h9-10,12,14,19H,7-8,11H2,1-6H3. The van der Waals surface area contributed by atoms with E-state index >= 15 is 0 Å². The summed E-state index contributed by atoms with van der Waals surface area (Å²) in [6.07, 6.45) is 2.92. The summed E-state index contributed by atoms with van der Waals surface area (Å²) in [6, 6.07) is 4.50. The summed E-state index contributed by atoms with van der Waals surface area (Å²) in [7, 11) is 0. The Kier molecular flexibility index (Phi) is 4.47. The van der Waals surface area contributed by atoms with Crippen LogP contribution < -0.4 is 10.2 Å². The highest BCUT2D eigenvalue weighted by atomic mass is 16.5. The zero-order chi connectivity index (χ0) is 15.7. The Morgan fingerprint density at radius 3 is 2.33 bits per heavy atom. The van der Waals surface area contributed by atoms with Gasteiger partial charge >= 0.3 is 0 Å². The van der Waals surface area contributed by atoms with E-state index in [1.165, 1.54) is 0 Å². The van der Waals surface area contributed by atoms with Crippen molar-refractivity contribution >= 4 is 11.5 Å². The number of rotatable bonds is 5. The van der Waals surface area contributed by atoms with Gasteiger partial charge in [-0.05, 0) is 60.1 Å². The van der Waals surface area contributed by atoms with Gasteiger partial charge < -0.3 is 15.0 Å². The highest BCUT2D eigenvalue weighted by molar-refractivity contribution is 5.49. The number of aromatic nitrogens is 1. The van der Waals surface area contributed by atoms with E-state index in [1.807, 2.05) is 6.20 Å². The van der Waals surface area contributed by atoms with Crippen LogP contribution >= 0.6 is 0 Å². The number of anilines is 2. The normalized spacial score (nSPS) is 23.0. The van der Waals surface area contributed by atoms with Crippen molar-refractivity contribution in [3.63, 3.8) is 0 Å². The molecule has 1 aliphatic heterocycles. The maximum atomic E-state index is 6.13. The summed E-state index contributed by atoms with van der Waals surface area (Å²) in [5.41, 5.74) is 0.821. The fourth-order valence-electron chi connectivity index (χ4n) is 3.19. The van der Waals surface area contributed by atoms with Gasteiger partial charge in [0.1, 0.15) is 5.82 Å². The maximum absolute atomic E-state index is 6.13. The van der Waals surface area contributed by atoms with Crippen LogP contribution in [0, 0.1) is 0 Å². The molecule has 1 unspecified atom stereocenters. The third-order valence-electron chi connectivity index (χ3n) is 4.25. The van der Waals surface area contributed by atoms with E-state index in [1.54, 1.807) is 0 Å². The van der Waals surface area contributed by atoms with Crippen molar-refractivity contribution in [2.75, 3.05) is 23.3 Å². The Morgan fingerprint density at radius 2 is 1.90 bits per heavy atom. The van der Waals surface area contributed by atoms with Crippen molar-refractivity contribution in [1.29, 1.82) is 0 Å². The predicted molar refractivity (Wildman–Crippen MR) is 89.1 cm³/mol. The predicted octanol–water partition coefficient (Wildman–Crippen LogP) is 3.69. The van der Waals surface area contributed by atoms with Gasteiger partial charge in [-0.3, -0.25) is 0 Å². The fraction of sp³-hybridized carbons (Fsp3) is 0.706. The third kappa shape index (κ3) is 3.67. The molecule has 0 aromatic carbocycles. The zero-order valence-corrected chi connectivity index (χ0v) is 14.2. The lowest BCUT2D eigenvalue weighted by atomic mass is 9.94. The minimum Gasteiger partial charge on any atom is -0.378 e. The molecule has 118 valence electrons. The van der Waals surface area contributed by atoms with Gasteiger partial charge in [-0.25, -0.2) is 4.98 Å². The average Bonchev–Trinajstić information content (AvgIpc) is 2.60. The molecular weight excluding hydrogens is 262 g/mol. The second kappa shape index (κ2) is 5.84. The SMILES string of the molecule is CCN(CC)c1ccc(NC2CC(C)(C)OC2(C)C)cn1. The molecular formula is C17H29N3O. The highest BCUT2D eigenvalue weighted by Gasteiger charge is 2.45. The van der Waals surface area contributed by atoms with Crippen LogP contribution in [0.4, 0.5) is 11.5 Å². The van der Waals surface area contributed by atoms with Gasteiger partial charge in [-0.2, -0.15) is 0 Å². The van der Waals surface area contributed by atoms with Gasteiger partial charge in [0.05, 0.1) is 29.1 Å². The Balaban J connectivity index is 2.07. The summed E-state index contributed by atoms with van der Waals surface area (Å²) in [5.74, 6) is 1.04. The fourth-order valence-corrected chi connectivity index (χ4v) is 3.19. The molecule has 1 atom stereocenters. The topological polar surface area (TPSA) is 37.4 Å². The van der Waals surface area contributed by atoms with Crippen LogP contribution in [0.3, 0.4) is 0 Å². The minimum atomic E-state index is -0.166. The molecule has 0 radical (unpaired) electrons. The quantitative estimate of drug-likeness (QED) is 0.898. The largest absolute Gasteiger partial charge is 0.378 e. The number of ether oxygens (including phenoxy) is 1. The molecule has 0 amide bonds. The smallest absolute Gasteiger partial charge is 0.128 e. The van der Waals surface area contributed by atoms with Crippen molar-refractivity contribution in [3.8, 4) is 0 Å². The van der Waals surface area contributed by atoms with E-state index in [4.69, 9.17) is 4.74 Å². The molecule has 0 bridgehead atoms.